The highest BCUT2D eigenvalue weighted by molar-refractivity contribution is 7.11. The summed E-state index contributed by atoms with van der Waals surface area (Å²) in [5.41, 5.74) is 0.528. The number of hydrogen-bond acceptors (Lipinski definition) is 6. The Morgan fingerprint density at radius 2 is 1.77 bits per heavy atom. The molecule has 0 saturated carbocycles. The fourth-order valence-corrected chi connectivity index (χ4v) is 3.63. The molecule has 1 fully saturated rings. The van der Waals surface area contributed by atoms with Gasteiger partial charge >= 0.3 is 6.03 Å². The van der Waals surface area contributed by atoms with Crippen LogP contribution in [0.2, 0.25) is 0 Å². The van der Waals surface area contributed by atoms with Crippen LogP contribution in [0.3, 0.4) is 0 Å². The van der Waals surface area contributed by atoms with E-state index in [1.165, 1.54) is 4.88 Å². The molecule has 26 heavy (non-hydrogen) atoms. The van der Waals surface area contributed by atoms with Crippen LogP contribution in [0.1, 0.15) is 36.5 Å². The van der Waals surface area contributed by atoms with E-state index in [1.807, 2.05) is 18.0 Å². The second kappa shape index (κ2) is 7.67. The van der Waals surface area contributed by atoms with Crippen molar-refractivity contribution in [2.24, 2.45) is 0 Å². The van der Waals surface area contributed by atoms with Crippen LogP contribution in [-0.4, -0.2) is 57.0 Å². The second-order valence-corrected chi connectivity index (χ2v) is 8.90. The van der Waals surface area contributed by atoms with Crippen molar-refractivity contribution in [2.45, 2.75) is 39.7 Å². The molecule has 140 valence electrons. The zero-order chi connectivity index (χ0) is 18.7. The van der Waals surface area contributed by atoms with E-state index < -0.39 is 0 Å². The van der Waals surface area contributed by atoms with E-state index in [2.05, 4.69) is 45.9 Å². The summed E-state index contributed by atoms with van der Waals surface area (Å²) in [6.45, 7) is 12.3. The van der Waals surface area contributed by atoms with E-state index in [0.717, 1.165) is 30.5 Å². The summed E-state index contributed by atoms with van der Waals surface area (Å²) in [5.74, 6) is 0.766. The standard InChI is InChI=1S/C18H26N6OS/c1-13-19-11-15(26-13)12-23-5-7-24(8-6-23)17(25)22-14-9-20-16(21-10-14)18(2,3)4/h9-11H,5-8,12H2,1-4H3,(H,22,25). The van der Waals surface area contributed by atoms with Crippen LogP contribution < -0.4 is 5.32 Å². The third-order valence-electron chi connectivity index (χ3n) is 4.28. The lowest BCUT2D eigenvalue weighted by molar-refractivity contribution is 0.143. The van der Waals surface area contributed by atoms with E-state index in [1.54, 1.807) is 23.7 Å². The number of anilines is 1. The van der Waals surface area contributed by atoms with Gasteiger partial charge in [0, 0.05) is 49.2 Å². The van der Waals surface area contributed by atoms with Crippen molar-refractivity contribution in [3.8, 4) is 0 Å². The molecule has 0 aliphatic carbocycles. The Labute approximate surface area is 158 Å². The molecular formula is C18H26N6OS. The number of rotatable bonds is 3. The van der Waals surface area contributed by atoms with Crippen LogP contribution in [0.15, 0.2) is 18.6 Å². The molecule has 1 saturated heterocycles. The predicted octanol–water partition coefficient (Wildman–Crippen LogP) is 2.89. The fraction of sp³-hybridized carbons (Fsp3) is 0.556. The molecule has 2 aromatic heterocycles. The van der Waals surface area contributed by atoms with E-state index in [9.17, 15) is 4.79 Å². The molecule has 0 aromatic carbocycles. The highest BCUT2D eigenvalue weighted by Gasteiger charge is 2.22. The molecular weight excluding hydrogens is 348 g/mol. The molecule has 2 aromatic rings. The van der Waals surface area contributed by atoms with Crippen LogP contribution in [0, 0.1) is 6.92 Å². The first kappa shape index (κ1) is 18.7. The topological polar surface area (TPSA) is 74.2 Å². The molecule has 3 rings (SSSR count). The highest BCUT2D eigenvalue weighted by Crippen LogP contribution is 2.19. The molecule has 1 N–H and O–H groups in total. The summed E-state index contributed by atoms with van der Waals surface area (Å²) in [6.07, 6.45) is 5.29. The number of piperazine rings is 1. The van der Waals surface area contributed by atoms with Gasteiger partial charge < -0.3 is 10.2 Å². The number of carbonyl (C=O) groups excluding carboxylic acids is 1. The van der Waals surface area contributed by atoms with Crippen LogP contribution in [0.5, 0.6) is 0 Å². The van der Waals surface area contributed by atoms with Crippen molar-refractivity contribution in [2.75, 3.05) is 31.5 Å². The summed E-state index contributed by atoms with van der Waals surface area (Å²) >= 11 is 1.73. The van der Waals surface area contributed by atoms with Crippen molar-refractivity contribution in [1.29, 1.82) is 0 Å². The maximum atomic E-state index is 12.5. The number of urea groups is 1. The lowest BCUT2D eigenvalue weighted by atomic mass is 9.96. The molecule has 0 atom stereocenters. The van der Waals surface area contributed by atoms with Crippen LogP contribution in [-0.2, 0) is 12.0 Å². The van der Waals surface area contributed by atoms with Gasteiger partial charge in [-0.2, -0.15) is 0 Å². The molecule has 0 bridgehead atoms. The van der Waals surface area contributed by atoms with Gasteiger partial charge in [0.25, 0.3) is 0 Å². The van der Waals surface area contributed by atoms with Crippen LogP contribution in [0.4, 0.5) is 10.5 Å². The molecule has 1 aliphatic heterocycles. The Hall–Kier alpha value is -2.06. The van der Waals surface area contributed by atoms with Gasteiger partial charge in [-0.1, -0.05) is 20.8 Å². The largest absolute Gasteiger partial charge is 0.322 e. The van der Waals surface area contributed by atoms with Crippen molar-refractivity contribution < 1.29 is 4.79 Å². The minimum Gasteiger partial charge on any atom is -0.322 e. The number of amides is 2. The molecule has 0 spiro atoms. The first-order chi connectivity index (χ1) is 12.3. The van der Waals surface area contributed by atoms with Gasteiger partial charge in [0.15, 0.2) is 0 Å². The zero-order valence-electron chi connectivity index (χ0n) is 15.8. The first-order valence-corrected chi connectivity index (χ1v) is 9.65. The van der Waals surface area contributed by atoms with Crippen molar-refractivity contribution in [3.05, 3.63) is 34.3 Å². The predicted molar refractivity (Wildman–Crippen MR) is 103 cm³/mol. The number of hydrogen-bond donors (Lipinski definition) is 1. The Morgan fingerprint density at radius 1 is 1.12 bits per heavy atom. The maximum absolute atomic E-state index is 12.5. The Morgan fingerprint density at radius 3 is 2.31 bits per heavy atom. The van der Waals surface area contributed by atoms with Crippen LogP contribution >= 0.6 is 11.3 Å². The Bertz CT molecular complexity index is 744. The monoisotopic (exact) mass is 374 g/mol. The summed E-state index contributed by atoms with van der Waals surface area (Å²) < 4.78 is 0. The minimum absolute atomic E-state index is 0.0922. The molecule has 2 amide bonds. The molecule has 3 heterocycles. The molecule has 8 heteroatoms. The Balaban J connectivity index is 1.49. The second-order valence-electron chi connectivity index (χ2n) is 7.58. The van der Waals surface area contributed by atoms with Gasteiger partial charge in [0.2, 0.25) is 0 Å². The lowest BCUT2D eigenvalue weighted by Gasteiger charge is -2.34. The third-order valence-corrected chi connectivity index (χ3v) is 5.18. The molecule has 0 unspecified atom stereocenters. The quantitative estimate of drug-likeness (QED) is 0.894. The highest BCUT2D eigenvalue weighted by atomic mass is 32.1. The van der Waals surface area contributed by atoms with Gasteiger partial charge in [-0.15, -0.1) is 11.3 Å². The Kier molecular flexibility index (Phi) is 5.52. The van der Waals surface area contributed by atoms with Crippen molar-refractivity contribution in [3.63, 3.8) is 0 Å². The molecule has 1 aliphatic rings. The number of aryl methyl sites for hydroxylation is 1. The average Bonchev–Trinajstić information content (AvgIpc) is 3.00. The number of nitrogens with one attached hydrogen (secondary N) is 1. The smallest absolute Gasteiger partial charge is 0.322 e. The minimum atomic E-state index is -0.102. The number of nitrogens with zero attached hydrogens (tertiary/aromatic N) is 5. The summed E-state index contributed by atoms with van der Waals surface area (Å²) in [5, 5.41) is 3.99. The molecule has 7 nitrogen and oxygen atoms in total. The van der Waals surface area contributed by atoms with E-state index >= 15 is 0 Å². The first-order valence-electron chi connectivity index (χ1n) is 8.83. The number of aromatic nitrogens is 3. The SMILES string of the molecule is Cc1ncc(CN2CCN(C(=O)Nc3cnc(C(C)(C)C)nc3)CC2)s1. The fourth-order valence-electron chi connectivity index (χ4n) is 2.79. The number of carbonyl (C=O) groups is 1. The third kappa shape index (κ3) is 4.76. The maximum Gasteiger partial charge on any atom is 0.322 e. The van der Waals surface area contributed by atoms with Crippen molar-refractivity contribution in [1.82, 2.24) is 24.8 Å². The van der Waals surface area contributed by atoms with E-state index in [0.29, 0.717) is 18.8 Å². The number of thiazole rings is 1. The summed E-state index contributed by atoms with van der Waals surface area (Å²) in [7, 11) is 0. The van der Waals surface area contributed by atoms with Crippen LogP contribution in [0.25, 0.3) is 0 Å². The van der Waals surface area contributed by atoms with Gasteiger partial charge in [-0.05, 0) is 6.92 Å². The van der Waals surface area contributed by atoms with E-state index in [-0.39, 0.29) is 11.4 Å². The average molecular weight is 375 g/mol. The van der Waals surface area contributed by atoms with Gasteiger partial charge in [-0.3, -0.25) is 4.90 Å². The summed E-state index contributed by atoms with van der Waals surface area (Å²) in [4.78, 5) is 30.9. The van der Waals surface area contributed by atoms with Gasteiger partial charge in [0.1, 0.15) is 5.82 Å². The van der Waals surface area contributed by atoms with Gasteiger partial charge in [-0.25, -0.2) is 19.7 Å². The lowest BCUT2D eigenvalue weighted by Crippen LogP contribution is -2.49. The van der Waals surface area contributed by atoms with Crippen molar-refractivity contribution >= 4 is 23.1 Å². The molecule has 0 radical (unpaired) electrons. The zero-order valence-corrected chi connectivity index (χ0v) is 16.6. The van der Waals surface area contributed by atoms with E-state index in [4.69, 9.17) is 0 Å². The van der Waals surface area contributed by atoms with Gasteiger partial charge in [0.05, 0.1) is 23.1 Å². The summed E-state index contributed by atoms with van der Waals surface area (Å²) in [6, 6.07) is -0.0922. The normalized spacial score (nSPS) is 15.9.